The van der Waals surface area contributed by atoms with E-state index in [-0.39, 0.29) is 11.2 Å². The summed E-state index contributed by atoms with van der Waals surface area (Å²) in [4.78, 5) is 55.1. The number of alkyl carbamates (subject to hydrolysis) is 1. The lowest BCUT2D eigenvalue weighted by molar-refractivity contribution is -0.166. The van der Waals surface area contributed by atoms with Gasteiger partial charge in [0.15, 0.2) is 17.6 Å². The maximum absolute atomic E-state index is 13.8. The lowest BCUT2D eigenvalue weighted by Gasteiger charge is -2.44. The van der Waals surface area contributed by atoms with Gasteiger partial charge in [-0.15, -0.1) is 11.8 Å². The van der Waals surface area contributed by atoms with Crippen molar-refractivity contribution < 1.29 is 42.7 Å². The van der Waals surface area contributed by atoms with E-state index in [1.54, 1.807) is 51.1 Å². The van der Waals surface area contributed by atoms with Crippen molar-refractivity contribution in [2.75, 3.05) is 12.5 Å². The van der Waals surface area contributed by atoms with Gasteiger partial charge in [0, 0.05) is 11.2 Å². The Bertz CT molecular complexity index is 2190. The van der Waals surface area contributed by atoms with Crippen LogP contribution in [0.2, 0.25) is 0 Å². The zero-order valence-electron chi connectivity index (χ0n) is 39.2. The van der Waals surface area contributed by atoms with Crippen LogP contribution in [-0.4, -0.2) is 78.9 Å². The van der Waals surface area contributed by atoms with Gasteiger partial charge in [-0.25, -0.2) is 9.59 Å². The lowest BCUT2D eigenvalue weighted by Crippen LogP contribution is -2.71. The number of hydrogen-bond donors (Lipinski definition) is 2. The van der Waals surface area contributed by atoms with Crippen molar-refractivity contribution in [3.05, 3.63) is 131 Å². The third-order valence-electron chi connectivity index (χ3n) is 11.6. The van der Waals surface area contributed by atoms with Crippen LogP contribution in [0.1, 0.15) is 121 Å². The predicted molar refractivity (Wildman–Crippen MR) is 260 cm³/mol. The molecule has 66 heavy (non-hydrogen) atoms. The number of esters is 1. The number of ether oxygens (including phenoxy) is 4. The summed E-state index contributed by atoms with van der Waals surface area (Å²) in [5.74, 6) is 0.990. The van der Waals surface area contributed by atoms with Gasteiger partial charge in [0.1, 0.15) is 40.1 Å². The van der Waals surface area contributed by atoms with E-state index >= 15 is 0 Å². The Labute approximate surface area is 397 Å². The number of carbonyl (C=O) groups is 4. The number of β-lactam (4-membered cyclic amide) rings is 1. The third kappa shape index (κ3) is 13.3. The molecule has 0 aromatic heterocycles. The fraction of sp³-hybridized carbons (Fsp3) is 0.462. The molecule has 14 heteroatoms. The molecule has 0 bridgehead atoms. The molecule has 3 heterocycles. The van der Waals surface area contributed by atoms with Crippen LogP contribution in [0.5, 0.6) is 11.5 Å². The largest absolute Gasteiger partial charge is 0.616 e. The first kappa shape index (κ1) is 50.2. The second-order valence-corrected chi connectivity index (χ2v) is 22.2. The number of nitrogens with zero attached hydrogens (tertiary/aromatic N) is 1. The van der Waals surface area contributed by atoms with Crippen LogP contribution in [0.15, 0.2) is 109 Å². The van der Waals surface area contributed by atoms with E-state index in [4.69, 9.17) is 18.9 Å². The van der Waals surface area contributed by atoms with Crippen LogP contribution in [0.3, 0.4) is 0 Å². The van der Waals surface area contributed by atoms with Crippen LogP contribution in [-0.2, 0) is 41.5 Å². The second-order valence-electron chi connectivity index (χ2n) is 18.4. The Morgan fingerprint density at radius 3 is 2.03 bits per heavy atom. The van der Waals surface area contributed by atoms with Crippen molar-refractivity contribution in [1.82, 2.24) is 15.5 Å². The number of rotatable bonds is 18. The number of carbonyl (C=O) groups excluding carboxylic acids is 4. The number of benzene rings is 4. The molecular weight excluding hydrogens is 875 g/mol. The van der Waals surface area contributed by atoms with Crippen LogP contribution >= 0.6 is 11.8 Å². The Balaban J connectivity index is 0.000000274. The zero-order valence-corrected chi connectivity index (χ0v) is 40.8. The van der Waals surface area contributed by atoms with E-state index in [2.05, 4.69) is 24.5 Å². The molecule has 4 aromatic carbocycles. The van der Waals surface area contributed by atoms with E-state index in [1.807, 2.05) is 92.7 Å². The smallest absolute Gasteiger partial charge is 0.408 e. The molecule has 0 radical (unpaired) electrons. The first-order valence-corrected chi connectivity index (χ1v) is 25.2. The lowest BCUT2D eigenvalue weighted by atomic mass is 9.95. The van der Waals surface area contributed by atoms with Crippen molar-refractivity contribution in [2.45, 2.75) is 139 Å². The van der Waals surface area contributed by atoms with Crippen LogP contribution in [0, 0.1) is 0 Å². The second kappa shape index (κ2) is 23.0. The molecule has 3 aliphatic heterocycles. The zero-order chi connectivity index (χ0) is 47.4. The topological polar surface area (TPSA) is 156 Å². The number of thioether (sulfide) groups is 1. The molecule has 0 saturated carbocycles. The van der Waals surface area contributed by atoms with Gasteiger partial charge >= 0.3 is 12.1 Å². The summed E-state index contributed by atoms with van der Waals surface area (Å²) in [5.41, 5.74) is 2.58. The van der Waals surface area contributed by atoms with Crippen LogP contribution in [0.25, 0.3) is 0 Å². The van der Waals surface area contributed by atoms with Crippen molar-refractivity contribution >= 4 is 46.8 Å². The molecule has 0 spiro atoms. The quantitative estimate of drug-likeness (QED) is 0.0427. The molecule has 4 aromatic rings. The average molecular weight is 940 g/mol. The predicted octanol–water partition coefficient (Wildman–Crippen LogP) is 9.59. The molecule has 2 saturated heterocycles. The third-order valence-corrected chi connectivity index (χ3v) is 14.9. The van der Waals surface area contributed by atoms with Crippen molar-refractivity contribution in [3.63, 3.8) is 0 Å². The first-order valence-electron chi connectivity index (χ1n) is 23.0. The molecule has 354 valence electrons. The number of unbranched alkanes of at least 4 members (excludes halogenated alkanes) is 5. The molecule has 0 aliphatic carbocycles. The van der Waals surface area contributed by atoms with Gasteiger partial charge in [-0.3, -0.25) is 9.59 Å². The fourth-order valence-corrected chi connectivity index (χ4v) is 11.1. The van der Waals surface area contributed by atoms with E-state index in [0.717, 1.165) is 41.2 Å². The van der Waals surface area contributed by atoms with E-state index in [0.29, 0.717) is 12.4 Å². The van der Waals surface area contributed by atoms with Crippen LogP contribution < -0.4 is 20.1 Å². The molecule has 3 aliphatic rings. The van der Waals surface area contributed by atoms with Crippen molar-refractivity contribution in [3.8, 4) is 11.5 Å². The molecule has 12 nitrogen and oxygen atoms in total. The molecule has 7 rings (SSSR count). The molecule has 6 atom stereocenters. The van der Waals surface area contributed by atoms with Crippen molar-refractivity contribution in [2.24, 2.45) is 0 Å². The van der Waals surface area contributed by atoms with Gasteiger partial charge in [0.25, 0.3) is 0 Å². The van der Waals surface area contributed by atoms with E-state index in [1.165, 1.54) is 54.3 Å². The highest BCUT2D eigenvalue weighted by molar-refractivity contribution is 8.01. The number of nitrogens with one attached hydrogen (secondary N) is 2. The van der Waals surface area contributed by atoms with Gasteiger partial charge in [-0.1, -0.05) is 141 Å². The highest BCUT2D eigenvalue weighted by Gasteiger charge is 2.65. The summed E-state index contributed by atoms with van der Waals surface area (Å²) >= 11 is 0.691. The number of hydrogen-bond acceptors (Lipinski definition) is 10. The van der Waals surface area contributed by atoms with Gasteiger partial charge < -0.3 is 39.0 Å². The van der Waals surface area contributed by atoms with E-state index < -0.39 is 69.1 Å². The SMILES string of the molecule is CC(C)(C)OC(=O)NC(C(=O)NC1C(=O)N2[C@@H]1SC(C)(C)[C@@H]2C(=O)OC(c1ccccc1)c1ccccc1)c1ccccc1.CCCCCCCC[S+]([O-])C(C)Cc1ccc2c(c1)OCO2. The first-order chi connectivity index (χ1) is 31.6. The highest BCUT2D eigenvalue weighted by Crippen LogP contribution is 2.51. The highest BCUT2D eigenvalue weighted by atomic mass is 32.2. The summed E-state index contributed by atoms with van der Waals surface area (Å²) in [5, 5.41) is 5.16. The number of fused-ring (bicyclic) bond motifs is 2. The Kier molecular flexibility index (Phi) is 17.5. The molecule has 4 unspecified atom stereocenters. The van der Waals surface area contributed by atoms with E-state index in [9.17, 15) is 23.7 Å². The monoisotopic (exact) mass is 939 g/mol. The van der Waals surface area contributed by atoms with Gasteiger partial charge in [0.05, 0.1) is 0 Å². The minimum Gasteiger partial charge on any atom is -0.616 e. The average Bonchev–Trinajstić information content (AvgIpc) is 3.87. The number of amides is 3. The minimum atomic E-state index is -1.09. The summed E-state index contributed by atoms with van der Waals surface area (Å²) in [7, 11) is 0. The molecule has 2 N–H and O–H groups in total. The van der Waals surface area contributed by atoms with Gasteiger partial charge in [-0.05, 0) is 88.8 Å². The summed E-state index contributed by atoms with van der Waals surface area (Å²) < 4.78 is 33.9. The maximum Gasteiger partial charge on any atom is 0.408 e. The standard InChI is InChI=1S/C34H37N3O6S.C18H28O3S/c1-33(2,3)43-32(41)36-24(21-15-9-6-10-16-21)28(38)35-25-29(39)37-27(34(4,5)44-30(25)37)31(40)42-26(22-17-11-7-12-18-22)23-19-13-8-14-20-23;1-3-4-5-6-7-8-11-22(19)15(2)12-16-9-10-17-18(13-16)21-14-20-17/h6-20,24-27,30H,1-5H3,(H,35,38)(H,36,41);9-10,13,15H,3-8,11-12,14H2,1-2H3/t24?,25?,27-,30+;/m0./s1. The normalized spacial score (nSPS) is 19.3. The Hall–Kier alpha value is -5.18. The summed E-state index contributed by atoms with van der Waals surface area (Å²) in [6.07, 6.45) is 6.92. The van der Waals surface area contributed by atoms with Crippen LogP contribution in [0.4, 0.5) is 4.79 Å². The van der Waals surface area contributed by atoms with Gasteiger partial charge in [-0.2, -0.15) is 0 Å². The maximum atomic E-state index is 13.8. The summed E-state index contributed by atoms with van der Waals surface area (Å²) in [6.45, 7) is 13.6. The van der Waals surface area contributed by atoms with Crippen molar-refractivity contribution in [1.29, 1.82) is 0 Å². The fourth-order valence-electron chi connectivity index (χ4n) is 8.22. The van der Waals surface area contributed by atoms with Gasteiger partial charge in [0.2, 0.25) is 18.6 Å². The molecule has 3 amide bonds. The molecular formula is C52H65N3O9S2. The molecule has 2 fully saturated rings. The summed E-state index contributed by atoms with van der Waals surface area (Å²) in [6, 6.07) is 30.9. The Morgan fingerprint density at radius 1 is 0.848 bits per heavy atom. The Morgan fingerprint density at radius 2 is 1.42 bits per heavy atom. The minimum absolute atomic E-state index is 0.191.